The summed E-state index contributed by atoms with van der Waals surface area (Å²) in [6.07, 6.45) is 5.73. The summed E-state index contributed by atoms with van der Waals surface area (Å²) in [5.74, 6) is 1.70. The Balaban J connectivity index is 0.00000324. The summed E-state index contributed by atoms with van der Waals surface area (Å²) < 4.78 is 19.6. The molecule has 1 aliphatic heterocycles. The molecular formula is C39H25N4O3Pt-3. The number of hydrogen-bond acceptors (Lipinski definition) is 7. The van der Waals surface area contributed by atoms with Crippen molar-refractivity contribution in [2.24, 2.45) is 0 Å². The second kappa shape index (κ2) is 11.7. The topological polar surface area (TPSA) is 58.1 Å². The standard InChI is InChI=1S/C39H25N4O3.Pt/c1-41-19-20-42(25-41)33-24-28(23-32-30-14-6-7-15-34(30)45-38(32)33)44-36-22-27(21-31-29-13-5-8-16-35(29)46-39(31)36)43(26-11-3-2-4-12-26)37-17-9-10-18-40-37;/h2-21,23,25H,1H3;/q-3;. The quantitative estimate of drug-likeness (QED) is 0.156. The van der Waals surface area contributed by atoms with Crippen LogP contribution in [0.2, 0.25) is 0 Å². The Kier molecular flexibility index (Phi) is 7.19. The molecule has 0 fully saturated rings. The first-order valence-corrected chi connectivity index (χ1v) is 14.9. The number of aromatic nitrogens is 1. The van der Waals surface area contributed by atoms with Gasteiger partial charge in [-0.15, -0.1) is 24.3 Å². The van der Waals surface area contributed by atoms with E-state index < -0.39 is 0 Å². The van der Waals surface area contributed by atoms with Gasteiger partial charge < -0.3 is 28.3 Å². The number of furan rings is 2. The number of benzene rings is 5. The molecule has 232 valence electrons. The molecule has 7 nitrogen and oxygen atoms in total. The van der Waals surface area contributed by atoms with Crippen LogP contribution >= 0.6 is 0 Å². The summed E-state index contributed by atoms with van der Waals surface area (Å²) >= 11 is 0. The van der Waals surface area contributed by atoms with Gasteiger partial charge in [0.25, 0.3) is 0 Å². The van der Waals surface area contributed by atoms with Crippen LogP contribution in [0.15, 0.2) is 137 Å². The molecule has 47 heavy (non-hydrogen) atoms. The van der Waals surface area contributed by atoms with E-state index >= 15 is 0 Å². The van der Waals surface area contributed by atoms with Crippen LogP contribution in [0, 0.1) is 18.8 Å². The summed E-state index contributed by atoms with van der Waals surface area (Å²) in [7, 11) is 1.98. The van der Waals surface area contributed by atoms with Gasteiger partial charge >= 0.3 is 0 Å². The molecule has 0 aliphatic carbocycles. The second-order valence-electron chi connectivity index (χ2n) is 11.1. The van der Waals surface area contributed by atoms with E-state index in [-0.39, 0.29) is 21.1 Å². The molecule has 0 bridgehead atoms. The van der Waals surface area contributed by atoms with Crippen molar-refractivity contribution in [3.63, 3.8) is 0 Å². The Labute approximate surface area is 285 Å². The molecule has 0 spiro atoms. The van der Waals surface area contributed by atoms with Gasteiger partial charge in [-0.25, -0.2) is 4.98 Å². The maximum atomic E-state index is 6.77. The van der Waals surface area contributed by atoms with Gasteiger partial charge in [0.2, 0.25) is 0 Å². The number of rotatable bonds is 6. The molecule has 4 heterocycles. The van der Waals surface area contributed by atoms with Crippen LogP contribution in [0.1, 0.15) is 0 Å². The van der Waals surface area contributed by atoms with Crippen molar-refractivity contribution in [1.29, 1.82) is 0 Å². The van der Waals surface area contributed by atoms with Crippen molar-refractivity contribution in [1.82, 2.24) is 9.88 Å². The fourth-order valence-corrected chi connectivity index (χ4v) is 6.03. The molecular weight excluding hydrogens is 768 g/mol. The van der Waals surface area contributed by atoms with Gasteiger partial charge in [-0.05, 0) is 55.8 Å². The van der Waals surface area contributed by atoms with Gasteiger partial charge in [-0.3, -0.25) is 0 Å². The summed E-state index contributed by atoms with van der Waals surface area (Å²) in [6.45, 7) is 1.97. The van der Waals surface area contributed by atoms with Gasteiger partial charge in [-0.1, -0.05) is 82.8 Å². The number of anilines is 4. The van der Waals surface area contributed by atoms with Crippen molar-refractivity contribution < 1.29 is 34.6 Å². The Morgan fingerprint density at radius 3 is 2.11 bits per heavy atom. The van der Waals surface area contributed by atoms with Crippen molar-refractivity contribution in [2.45, 2.75) is 0 Å². The molecule has 9 rings (SSSR count). The average molecular weight is 793 g/mol. The van der Waals surface area contributed by atoms with Crippen LogP contribution in [0.3, 0.4) is 0 Å². The van der Waals surface area contributed by atoms with Crippen LogP contribution in [0.25, 0.3) is 43.9 Å². The maximum absolute atomic E-state index is 6.77. The fourth-order valence-electron chi connectivity index (χ4n) is 6.03. The third-order valence-electron chi connectivity index (χ3n) is 8.10. The van der Waals surface area contributed by atoms with E-state index in [1.807, 2.05) is 115 Å². The summed E-state index contributed by atoms with van der Waals surface area (Å²) in [4.78, 5) is 10.7. The average Bonchev–Trinajstić information content (AvgIpc) is 3.81. The number of hydrogen-bond donors (Lipinski definition) is 0. The molecule has 0 atom stereocenters. The minimum absolute atomic E-state index is 0. The molecule has 0 saturated carbocycles. The number of fused-ring (bicyclic) bond motifs is 6. The minimum Gasteiger partial charge on any atom is -0.514 e. The monoisotopic (exact) mass is 792 g/mol. The largest absolute Gasteiger partial charge is 0.514 e. The van der Waals surface area contributed by atoms with Crippen LogP contribution in [0.4, 0.5) is 22.9 Å². The van der Waals surface area contributed by atoms with Crippen LogP contribution in [0.5, 0.6) is 11.5 Å². The maximum Gasteiger partial charge on any atom is 0.135 e. The summed E-state index contributed by atoms with van der Waals surface area (Å²) in [6, 6.07) is 43.1. The number of pyridine rings is 1. The summed E-state index contributed by atoms with van der Waals surface area (Å²) in [5.41, 5.74) is 5.31. The number of ether oxygens (including phenoxy) is 1. The van der Waals surface area contributed by atoms with Crippen molar-refractivity contribution in [3.8, 4) is 11.5 Å². The molecule has 3 aromatic heterocycles. The zero-order chi connectivity index (χ0) is 30.6. The van der Waals surface area contributed by atoms with Gasteiger partial charge in [-0.2, -0.15) is 6.67 Å². The molecule has 0 N–H and O–H groups in total. The second-order valence-corrected chi connectivity index (χ2v) is 11.1. The first kappa shape index (κ1) is 28.9. The first-order chi connectivity index (χ1) is 22.7. The van der Waals surface area contributed by atoms with Crippen molar-refractivity contribution >= 4 is 66.8 Å². The van der Waals surface area contributed by atoms with Gasteiger partial charge in [0.15, 0.2) is 0 Å². The predicted molar refractivity (Wildman–Crippen MR) is 181 cm³/mol. The van der Waals surface area contributed by atoms with E-state index in [0.29, 0.717) is 17.1 Å². The Bertz CT molecular complexity index is 2380. The zero-order valence-corrected chi connectivity index (χ0v) is 27.3. The molecule has 1 aliphatic rings. The first-order valence-electron chi connectivity index (χ1n) is 14.9. The van der Waals surface area contributed by atoms with E-state index in [9.17, 15) is 0 Å². The van der Waals surface area contributed by atoms with Gasteiger partial charge in [0.1, 0.15) is 17.0 Å². The summed E-state index contributed by atoms with van der Waals surface area (Å²) in [5, 5.41) is 3.80. The van der Waals surface area contributed by atoms with Crippen molar-refractivity contribution in [2.75, 3.05) is 16.8 Å². The molecule has 8 heteroatoms. The molecule has 0 radical (unpaired) electrons. The van der Waals surface area contributed by atoms with E-state index in [2.05, 4.69) is 47.4 Å². The van der Waals surface area contributed by atoms with Gasteiger partial charge in [0.05, 0.1) is 11.3 Å². The number of nitrogens with zero attached hydrogens (tertiary/aromatic N) is 4. The molecule has 0 amide bonds. The van der Waals surface area contributed by atoms with E-state index in [1.165, 1.54) is 0 Å². The predicted octanol–water partition coefficient (Wildman–Crippen LogP) is 10.1. The Hall–Kier alpha value is -5.52. The fraction of sp³-hybridized carbons (Fsp3) is 0.0256. The Morgan fingerprint density at radius 1 is 0.723 bits per heavy atom. The minimum atomic E-state index is 0. The van der Waals surface area contributed by atoms with E-state index in [4.69, 9.17) is 18.6 Å². The smallest absolute Gasteiger partial charge is 0.135 e. The van der Waals surface area contributed by atoms with E-state index in [1.54, 1.807) is 6.20 Å². The van der Waals surface area contributed by atoms with Crippen molar-refractivity contribution in [3.05, 3.63) is 147 Å². The molecule has 0 saturated heterocycles. The molecule has 5 aromatic carbocycles. The molecule has 8 aromatic rings. The van der Waals surface area contributed by atoms with E-state index in [0.717, 1.165) is 61.2 Å². The zero-order valence-electron chi connectivity index (χ0n) is 25.0. The Morgan fingerprint density at radius 2 is 1.40 bits per heavy atom. The van der Waals surface area contributed by atoms with Gasteiger partial charge in [0, 0.05) is 55.1 Å². The molecule has 0 unspecified atom stereocenters. The van der Waals surface area contributed by atoms with Crippen LogP contribution in [-0.2, 0) is 21.1 Å². The van der Waals surface area contributed by atoms with Crippen LogP contribution in [-0.4, -0.2) is 16.9 Å². The third kappa shape index (κ3) is 5.00. The normalized spacial score (nSPS) is 12.8. The number of para-hydroxylation sites is 3. The van der Waals surface area contributed by atoms with Crippen LogP contribution < -0.4 is 14.5 Å². The third-order valence-corrected chi connectivity index (χ3v) is 8.10. The SMILES string of the molecule is CN1C=CN(c2[c-]c(Oc3[c-]c(N(c4ccccc4)c4ccccn4)cc4c3oc3ccccc34)cc3c2oc2ccccc23)[CH-]1.[Pt].